The van der Waals surface area contributed by atoms with Gasteiger partial charge in [0.05, 0.1) is 30.1 Å². The third kappa shape index (κ3) is 3.43. The second-order valence-corrected chi connectivity index (χ2v) is 8.07. The Morgan fingerprint density at radius 3 is 2.56 bits per heavy atom. The number of carbonyl (C=O) groups is 2. The minimum Gasteiger partial charge on any atom is -0.497 e. The van der Waals surface area contributed by atoms with E-state index >= 15 is 0 Å². The molecule has 1 atom stereocenters. The highest BCUT2D eigenvalue weighted by atomic mass is 16.5. The number of benzene rings is 3. The molecule has 2 aliphatic heterocycles. The van der Waals surface area contributed by atoms with Crippen LogP contribution in [0.4, 0.5) is 5.69 Å². The number of aryl methyl sites for hydroxylation is 1. The van der Waals surface area contributed by atoms with Crippen LogP contribution in [0.5, 0.6) is 5.75 Å². The van der Waals surface area contributed by atoms with Crippen molar-refractivity contribution in [2.75, 3.05) is 18.7 Å². The van der Waals surface area contributed by atoms with Crippen LogP contribution in [-0.4, -0.2) is 36.2 Å². The number of nitrogens with zero attached hydrogens (tertiary/aromatic N) is 3. The normalized spacial score (nSPS) is 17.6. The molecule has 1 amide bonds. The van der Waals surface area contributed by atoms with Gasteiger partial charge in [-0.1, -0.05) is 54.1 Å². The summed E-state index contributed by atoms with van der Waals surface area (Å²) in [5, 5.41) is 6.81. The van der Waals surface area contributed by atoms with Crippen LogP contribution < -0.4 is 9.64 Å². The lowest BCUT2D eigenvalue weighted by atomic mass is 9.98. The number of Topliss-reactive ketones (excluding diaryl/α,β-unsaturated/α-hetero) is 1. The Morgan fingerprint density at radius 1 is 1.00 bits per heavy atom. The lowest BCUT2D eigenvalue weighted by Crippen LogP contribution is -2.39. The van der Waals surface area contributed by atoms with Crippen LogP contribution in [0.3, 0.4) is 0 Å². The van der Waals surface area contributed by atoms with Gasteiger partial charge in [-0.3, -0.25) is 19.5 Å². The molecule has 160 valence electrons. The van der Waals surface area contributed by atoms with Crippen molar-refractivity contribution in [3.63, 3.8) is 0 Å². The molecule has 2 heterocycles. The summed E-state index contributed by atoms with van der Waals surface area (Å²) in [5.74, 6) is -0.215. The van der Waals surface area contributed by atoms with Crippen LogP contribution in [0, 0.1) is 6.92 Å². The van der Waals surface area contributed by atoms with Crippen molar-refractivity contribution in [1.29, 1.82) is 0 Å². The standard InChI is InChI=1S/C26H23N3O3/c1-17-10-12-18(13-11-17)24-15-22(19-6-5-7-20(14-19)32-2)27-29(24)16-28-23-9-4-3-8-21(23)25(30)26(28)31/h3-14,24H,15-16H2,1-2H3. The highest BCUT2D eigenvalue weighted by Gasteiger charge is 2.39. The third-order valence-electron chi connectivity index (χ3n) is 6.03. The fraction of sp³-hybridized carbons (Fsp3) is 0.192. The number of amides is 1. The molecule has 0 N–H and O–H groups in total. The molecule has 5 rings (SSSR count). The molecule has 0 bridgehead atoms. The zero-order chi connectivity index (χ0) is 22.2. The Balaban J connectivity index is 1.51. The van der Waals surface area contributed by atoms with Gasteiger partial charge in [-0.25, -0.2) is 0 Å². The van der Waals surface area contributed by atoms with Gasteiger partial charge in [0.15, 0.2) is 0 Å². The van der Waals surface area contributed by atoms with Crippen LogP contribution >= 0.6 is 0 Å². The number of hydrogen-bond acceptors (Lipinski definition) is 5. The van der Waals surface area contributed by atoms with Gasteiger partial charge in [-0.2, -0.15) is 5.10 Å². The molecule has 3 aromatic rings. The Labute approximate surface area is 186 Å². The van der Waals surface area contributed by atoms with E-state index in [0.29, 0.717) is 17.7 Å². The van der Waals surface area contributed by atoms with Crippen molar-refractivity contribution in [2.45, 2.75) is 19.4 Å². The maximum Gasteiger partial charge on any atom is 0.301 e. The fourth-order valence-electron chi connectivity index (χ4n) is 4.27. The number of ketones is 1. The first-order valence-corrected chi connectivity index (χ1v) is 10.6. The predicted molar refractivity (Wildman–Crippen MR) is 123 cm³/mol. The molecule has 2 aliphatic rings. The van der Waals surface area contributed by atoms with Gasteiger partial charge < -0.3 is 4.74 Å². The first kappa shape index (κ1) is 20.0. The summed E-state index contributed by atoms with van der Waals surface area (Å²) < 4.78 is 5.38. The van der Waals surface area contributed by atoms with Crippen LogP contribution in [0.1, 0.15) is 39.5 Å². The van der Waals surface area contributed by atoms with Crippen molar-refractivity contribution in [2.24, 2.45) is 5.10 Å². The number of fused-ring (bicyclic) bond motifs is 1. The number of para-hydroxylation sites is 1. The summed E-state index contributed by atoms with van der Waals surface area (Å²) in [5.41, 5.74) is 5.27. The van der Waals surface area contributed by atoms with Crippen molar-refractivity contribution in [3.8, 4) is 5.75 Å². The molecule has 0 aromatic heterocycles. The number of carbonyl (C=O) groups excluding carboxylic acids is 2. The molecular weight excluding hydrogens is 402 g/mol. The molecule has 0 aliphatic carbocycles. The summed E-state index contributed by atoms with van der Waals surface area (Å²) in [6, 6.07) is 23.3. The van der Waals surface area contributed by atoms with Crippen molar-refractivity contribution in [3.05, 3.63) is 95.1 Å². The highest BCUT2D eigenvalue weighted by molar-refractivity contribution is 6.52. The number of hydrazone groups is 1. The summed E-state index contributed by atoms with van der Waals surface area (Å²) in [7, 11) is 1.64. The van der Waals surface area contributed by atoms with E-state index in [1.807, 2.05) is 41.4 Å². The molecule has 32 heavy (non-hydrogen) atoms. The predicted octanol–water partition coefficient (Wildman–Crippen LogP) is 4.34. The summed E-state index contributed by atoms with van der Waals surface area (Å²) in [4.78, 5) is 26.7. The zero-order valence-corrected chi connectivity index (χ0v) is 18.0. The highest BCUT2D eigenvalue weighted by Crippen LogP contribution is 2.36. The van der Waals surface area contributed by atoms with Gasteiger partial charge in [0.25, 0.3) is 5.78 Å². The number of methoxy groups -OCH3 is 1. The smallest absolute Gasteiger partial charge is 0.301 e. The number of hydrogen-bond donors (Lipinski definition) is 0. The SMILES string of the molecule is COc1cccc(C2=NN(CN3C(=O)C(=O)c4ccccc43)C(c3ccc(C)cc3)C2)c1. The van der Waals surface area contributed by atoms with Crippen molar-refractivity contribution in [1.82, 2.24) is 5.01 Å². The van der Waals surface area contributed by atoms with E-state index in [2.05, 4.69) is 31.2 Å². The lowest BCUT2D eigenvalue weighted by molar-refractivity contribution is -0.114. The van der Waals surface area contributed by atoms with E-state index < -0.39 is 11.7 Å². The van der Waals surface area contributed by atoms with Gasteiger partial charge in [-0.15, -0.1) is 0 Å². The molecule has 0 saturated carbocycles. The molecule has 0 fully saturated rings. The Kier molecular flexibility index (Phi) is 4.98. The quantitative estimate of drug-likeness (QED) is 0.571. The van der Waals surface area contributed by atoms with E-state index in [9.17, 15) is 9.59 Å². The fourth-order valence-corrected chi connectivity index (χ4v) is 4.27. The summed E-state index contributed by atoms with van der Waals surface area (Å²) in [6.07, 6.45) is 0.688. The van der Waals surface area contributed by atoms with Crippen LogP contribution in [0.2, 0.25) is 0 Å². The molecule has 0 spiro atoms. The van der Waals surface area contributed by atoms with Crippen LogP contribution in [0.25, 0.3) is 0 Å². The molecule has 6 heteroatoms. The maximum atomic E-state index is 12.8. The summed E-state index contributed by atoms with van der Waals surface area (Å²) >= 11 is 0. The molecular formula is C26H23N3O3. The molecule has 0 saturated heterocycles. The van der Waals surface area contributed by atoms with Crippen molar-refractivity contribution < 1.29 is 14.3 Å². The van der Waals surface area contributed by atoms with E-state index in [4.69, 9.17) is 9.84 Å². The van der Waals surface area contributed by atoms with E-state index in [1.165, 1.54) is 10.5 Å². The Morgan fingerprint density at radius 2 is 1.78 bits per heavy atom. The maximum absolute atomic E-state index is 12.8. The van der Waals surface area contributed by atoms with Gasteiger partial charge in [0, 0.05) is 12.0 Å². The van der Waals surface area contributed by atoms with E-state index in [-0.39, 0.29) is 12.7 Å². The number of ether oxygens (including phenoxy) is 1. The molecule has 3 aromatic carbocycles. The van der Waals surface area contributed by atoms with Crippen molar-refractivity contribution >= 4 is 23.1 Å². The minimum absolute atomic E-state index is 0.0486. The second kappa shape index (κ2) is 7.96. The van der Waals surface area contributed by atoms with Gasteiger partial charge >= 0.3 is 5.91 Å². The average molecular weight is 425 g/mol. The Bertz CT molecular complexity index is 1230. The average Bonchev–Trinajstić information content (AvgIpc) is 3.35. The van der Waals surface area contributed by atoms with Crippen LogP contribution in [-0.2, 0) is 4.79 Å². The van der Waals surface area contributed by atoms with Gasteiger partial charge in [0.1, 0.15) is 12.4 Å². The number of rotatable bonds is 5. The topological polar surface area (TPSA) is 62.2 Å². The monoisotopic (exact) mass is 425 g/mol. The second-order valence-electron chi connectivity index (χ2n) is 8.07. The largest absolute Gasteiger partial charge is 0.497 e. The van der Waals surface area contributed by atoms with Gasteiger partial charge in [0.2, 0.25) is 0 Å². The molecule has 0 radical (unpaired) electrons. The van der Waals surface area contributed by atoms with Gasteiger partial charge in [-0.05, 0) is 36.8 Å². The van der Waals surface area contributed by atoms with E-state index in [1.54, 1.807) is 19.2 Å². The van der Waals surface area contributed by atoms with E-state index in [0.717, 1.165) is 22.6 Å². The van der Waals surface area contributed by atoms with Crippen LogP contribution in [0.15, 0.2) is 77.9 Å². The molecule has 1 unspecified atom stereocenters. The summed E-state index contributed by atoms with van der Waals surface area (Å²) in [6.45, 7) is 2.26. The number of anilines is 1. The first-order valence-electron chi connectivity index (χ1n) is 10.6. The molecule has 6 nitrogen and oxygen atoms in total. The third-order valence-corrected chi connectivity index (χ3v) is 6.03. The minimum atomic E-state index is -0.515. The first-order chi connectivity index (χ1) is 15.5. The zero-order valence-electron chi connectivity index (χ0n) is 18.0. The lowest BCUT2D eigenvalue weighted by Gasteiger charge is -2.28. The Hall–Kier alpha value is -3.93.